The third-order valence-corrected chi connectivity index (χ3v) is 3.28. The molecule has 0 heterocycles. The van der Waals surface area contributed by atoms with E-state index in [4.69, 9.17) is 16.9 Å². The Morgan fingerprint density at radius 3 is 2.47 bits per heavy atom. The molecule has 4 nitrogen and oxygen atoms in total. The van der Waals surface area contributed by atoms with E-state index < -0.39 is 0 Å². The van der Waals surface area contributed by atoms with Crippen LogP contribution in [-0.2, 0) is 4.79 Å². The predicted molar refractivity (Wildman–Crippen MR) is 77.4 cm³/mol. The third-order valence-electron chi connectivity index (χ3n) is 2.98. The minimum atomic E-state index is 0.0629. The fourth-order valence-electron chi connectivity index (χ4n) is 1.85. The fourth-order valence-corrected chi connectivity index (χ4v) is 2.18. The minimum Gasteiger partial charge on any atom is -0.364 e. The number of halogens is 1. The highest BCUT2D eigenvalue weighted by Gasteiger charge is 2.14. The second kappa shape index (κ2) is 7.01. The third kappa shape index (κ3) is 3.87. The first kappa shape index (κ1) is 15.3. The Morgan fingerprint density at radius 1 is 1.37 bits per heavy atom. The van der Waals surface area contributed by atoms with Crippen LogP contribution >= 0.6 is 11.6 Å². The summed E-state index contributed by atoms with van der Waals surface area (Å²) in [7, 11) is 1.81. The molecule has 0 spiro atoms. The number of anilines is 1. The fraction of sp³-hybridized carbons (Fsp3) is 0.429. The molecule has 0 aliphatic rings. The molecule has 1 aromatic rings. The molecule has 0 fully saturated rings. The summed E-state index contributed by atoms with van der Waals surface area (Å²) < 4.78 is 0. The molecule has 0 radical (unpaired) electrons. The van der Waals surface area contributed by atoms with E-state index in [1.165, 1.54) is 0 Å². The van der Waals surface area contributed by atoms with Gasteiger partial charge in [0.25, 0.3) is 0 Å². The molecule has 0 saturated heterocycles. The largest absolute Gasteiger partial charge is 0.364 e. The van der Waals surface area contributed by atoms with Gasteiger partial charge in [0, 0.05) is 20.1 Å². The van der Waals surface area contributed by atoms with E-state index in [2.05, 4.69) is 0 Å². The zero-order chi connectivity index (χ0) is 14.4. The summed E-state index contributed by atoms with van der Waals surface area (Å²) in [4.78, 5) is 15.6. The highest BCUT2D eigenvalue weighted by Crippen LogP contribution is 2.25. The molecule has 102 valence electrons. The maximum absolute atomic E-state index is 12.0. The minimum absolute atomic E-state index is 0.0629. The molecule has 0 unspecified atom stereocenters. The molecule has 1 amide bonds. The van der Waals surface area contributed by atoms with E-state index in [0.717, 1.165) is 5.69 Å². The number of nitrogens with zero attached hydrogens (tertiary/aromatic N) is 3. The lowest BCUT2D eigenvalue weighted by atomic mass is 10.2. The van der Waals surface area contributed by atoms with Gasteiger partial charge in [-0.15, -0.1) is 0 Å². The van der Waals surface area contributed by atoms with Crippen LogP contribution in [-0.4, -0.2) is 37.5 Å². The predicted octanol–water partition coefficient (Wildman–Crippen LogP) is 2.52. The van der Waals surface area contributed by atoms with Gasteiger partial charge in [0.05, 0.1) is 28.9 Å². The van der Waals surface area contributed by atoms with Gasteiger partial charge in [-0.25, -0.2) is 0 Å². The van der Waals surface area contributed by atoms with Crippen LogP contribution in [0.1, 0.15) is 19.4 Å². The molecule has 0 aromatic heterocycles. The number of hydrogen-bond acceptors (Lipinski definition) is 3. The van der Waals surface area contributed by atoms with Crippen LogP contribution in [0.2, 0.25) is 5.02 Å². The Hall–Kier alpha value is -1.73. The van der Waals surface area contributed by atoms with E-state index in [-0.39, 0.29) is 12.5 Å². The van der Waals surface area contributed by atoms with Crippen molar-refractivity contribution in [3.8, 4) is 6.07 Å². The number of amides is 1. The van der Waals surface area contributed by atoms with Gasteiger partial charge < -0.3 is 9.80 Å². The van der Waals surface area contributed by atoms with Gasteiger partial charge in [-0.1, -0.05) is 11.6 Å². The second-order valence-electron chi connectivity index (χ2n) is 4.20. The van der Waals surface area contributed by atoms with Crippen LogP contribution < -0.4 is 4.90 Å². The van der Waals surface area contributed by atoms with Crippen molar-refractivity contribution in [3.05, 3.63) is 28.8 Å². The number of nitriles is 1. The van der Waals surface area contributed by atoms with Gasteiger partial charge in [0.1, 0.15) is 0 Å². The van der Waals surface area contributed by atoms with E-state index in [1.54, 1.807) is 28.0 Å². The maximum atomic E-state index is 12.0. The SMILES string of the molecule is CCN(CC)C(=O)CN(C)c1ccc(C#N)cc1Cl. The van der Waals surface area contributed by atoms with Crippen molar-refractivity contribution in [1.82, 2.24) is 4.90 Å². The summed E-state index contributed by atoms with van der Waals surface area (Å²) in [6, 6.07) is 7.09. The molecular formula is C14H18ClN3O. The molecule has 1 rings (SSSR count). The van der Waals surface area contributed by atoms with Crippen molar-refractivity contribution in [2.24, 2.45) is 0 Å². The smallest absolute Gasteiger partial charge is 0.242 e. The highest BCUT2D eigenvalue weighted by atomic mass is 35.5. The van der Waals surface area contributed by atoms with E-state index >= 15 is 0 Å². The number of benzene rings is 1. The number of carbonyl (C=O) groups excluding carboxylic acids is 1. The lowest BCUT2D eigenvalue weighted by Gasteiger charge is -2.25. The molecular weight excluding hydrogens is 262 g/mol. The summed E-state index contributed by atoms with van der Waals surface area (Å²) >= 11 is 6.12. The first-order valence-corrected chi connectivity index (χ1v) is 6.59. The molecule has 0 atom stereocenters. The zero-order valence-electron chi connectivity index (χ0n) is 11.5. The van der Waals surface area contributed by atoms with Crippen LogP contribution in [0.15, 0.2) is 18.2 Å². The van der Waals surface area contributed by atoms with Gasteiger partial charge in [0.2, 0.25) is 5.91 Å². The Morgan fingerprint density at radius 2 is 2.00 bits per heavy atom. The van der Waals surface area contributed by atoms with E-state index in [0.29, 0.717) is 23.7 Å². The molecule has 0 aliphatic heterocycles. The van der Waals surface area contributed by atoms with Crippen LogP contribution in [0, 0.1) is 11.3 Å². The van der Waals surface area contributed by atoms with Gasteiger partial charge in [-0.05, 0) is 32.0 Å². The average Bonchev–Trinajstić information content (AvgIpc) is 2.39. The molecule has 0 aliphatic carbocycles. The summed E-state index contributed by atoms with van der Waals surface area (Å²) in [5, 5.41) is 9.27. The van der Waals surface area contributed by atoms with Crippen molar-refractivity contribution in [2.45, 2.75) is 13.8 Å². The van der Waals surface area contributed by atoms with Gasteiger partial charge in [-0.3, -0.25) is 4.79 Å². The number of hydrogen-bond donors (Lipinski definition) is 0. The maximum Gasteiger partial charge on any atom is 0.242 e. The first-order valence-electron chi connectivity index (χ1n) is 6.22. The van der Waals surface area contributed by atoms with E-state index in [9.17, 15) is 4.79 Å². The van der Waals surface area contributed by atoms with Crippen molar-refractivity contribution >= 4 is 23.2 Å². The lowest BCUT2D eigenvalue weighted by molar-refractivity contribution is -0.129. The monoisotopic (exact) mass is 279 g/mol. The van der Waals surface area contributed by atoms with Crippen molar-refractivity contribution in [1.29, 1.82) is 5.26 Å². The van der Waals surface area contributed by atoms with E-state index in [1.807, 2.05) is 27.0 Å². The summed E-state index contributed by atoms with van der Waals surface area (Å²) in [6.07, 6.45) is 0. The van der Waals surface area contributed by atoms with Crippen LogP contribution in [0.5, 0.6) is 0 Å². The highest BCUT2D eigenvalue weighted by molar-refractivity contribution is 6.33. The Kier molecular flexibility index (Phi) is 5.65. The number of rotatable bonds is 5. The quantitative estimate of drug-likeness (QED) is 0.832. The Bertz CT molecular complexity index is 492. The summed E-state index contributed by atoms with van der Waals surface area (Å²) in [6.45, 7) is 5.58. The summed E-state index contributed by atoms with van der Waals surface area (Å²) in [5.41, 5.74) is 1.26. The zero-order valence-corrected chi connectivity index (χ0v) is 12.2. The number of likely N-dealkylation sites (N-methyl/N-ethyl adjacent to an activating group) is 2. The molecule has 5 heteroatoms. The Labute approximate surface area is 119 Å². The average molecular weight is 280 g/mol. The van der Waals surface area contributed by atoms with Gasteiger partial charge >= 0.3 is 0 Å². The first-order chi connectivity index (χ1) is 9.03. The standard InChI is InChI=1S/C14H18ClN3O/c1-4-18(5-2)14(19)10-17(3)13-7-6-11(9-16)8-12(13)15/h6-8H,4-5,10H2,1-3H3. The molecule has 1 aromatic carbocycles. The number of carbonyl (C=O) groups is 1. The lowest BCUT2D eigenvalue weighted by Crippen LogP contribution is -2.38. The van der Waals surface area contributed by atoms with Gasteiger partial charge in [-0.2, -0.15) is 5.26 Å². The normalized spacial score (nSPS) is 9.84. The Balaban J connectivity index is 2.81. The topological polar surface area (TPSA) is 47.3 Å². The molecule has 0 saturated carbocycles. The molecule has 0 N–H and O–H groups in total. The van der Waals surface area contributed by atoms with Crippen LogP contribution in [0.4, 0.5) is 5.69 Å². The summed E-state index contributed by atoms with van der Waals surface area (Å²) in [5.74, 6) is 0.0629. The molecule has 0 bridgehead atoms. The van der Waals surface area contributed by atoms with Crippen molar-refractivity contribution in [3.63, 3.8) is 0 Å². The van der Waals surface area contributed by atoms with Crippen LogP contribution in [0.25, 0.3) is 0 Å². The second-order valence-corrected chi connectivity index (χ2v) is 4.61. The molecule has 19 heavy (non-hydrogen) atoms. The van der Waals surface area contributed by atoms with Crippen molar-refractivity contribution < 1.29 is 4.79 Å². The van der Waals surface area contributed by atoms with Crippen LogP contribution in [0.3, 0.4) is 0 Å². The van der Waals surface area contributed by atoms with Crippen molar-refractivity contribution in [2.75, 3.05) is 31.6 Å². The van der Waals surface area contributed by atoms with Gasteiger partial charge in [0.15, 0.2) is 0 Å².